The highest BCUT2D eigenvalue weighted by atomic mass is 35.5. The summed E-state index contributed by atoms with van der Waals surface area (Å²) in [5.74, 6) is 0.830. The lowest BCUT2D eigenvalue weighted by atomic mass is 10.0. The number of nitrogens with two attached hydrogens (primary N) is 1. The highest BCUT2D eigenvalue weighted by Crippen LogP contribution is 2.30. The molecule has 0 radical (unpaired) electrons. The van der Waals surface area contributed by atoms with E-state index in [0.29, 0.717) is 10.8 Å². The van der Waals surface area contributed by atoms with Crippen molar-refractivity contribution in [1.29, 1.82) is 0 Å². The molecule has 1 fully saturated rings. The Morgan fingerprint density at radius 3 is 2.73 bits per heavy atom. The summed E-state index contributed by atoms with van der Waals surface area (Å²) < 4.78 is 0. The van der Waals surface area contributed by atoms with Crippen LogP contribution in [0.1, 0.15) is 18.5 Å². The summed E-state index contributed by atoms with van der Waals surface area (Å²) in [6, 6.07) is 5.73. The van der Waals surface area contributed by atoms with Gasteiger partial charge in [0, 0.05) is 24.3 Å². The third-order valence-corrected chi connectivity index (χ3v) is 4.18. The normalized spacial score (nSPS) is 16.0. The lowest BCUT2D eigenvalue weighted by Crippen LogP contribution is -2.36. The van der Waals surface area contributed by atoms with Crippen molar-refractivity contribution in [3.8, 4) is 11.1 Å². The number of piperidine rings is 1. The second kappa shape index (κ2) is 6.10. The number of nitrogen functional groups attached to an aromatic ring is 1. The fourth-order valence-corrected chi connectivity index (χ4v) is 2.94. The van der Waals surface area contributed by atoms with E-state index < -0.39 is 0 Å². The van der Waals surface area contributed by atoms with Gasteiger partial charge in [-0.15, -0.1) is 0 Å². The molecule has 5 nitrogen and oxygen atoms in total. The second-order valence-electron chi connectivity index (χ2n) is 5.66. The Hall–Kier alpha value is -1.85. The van der Waals surface area contributed by atoms with Gasteiger partial charge in [0.25, 0.3) is 0 Å². The Kier molecular flexibility index (Phi) is 4.18. The van der Waals surface area contributed by atoms with Crippen LogP contribution in [0.15, 0.2) is 24.4 Å². The molecule has 0 aliphatic carbocycles. The molecule has 3 rings (SSSR count). The van der Waals surface area contributed by atoms with E-state index in [1.807, 2.05) is 25.1 Å². The minimum Gasteiger partial charge on any atom is -0.397 e. The molecule has 2 aromatic heterocycles. The first-order chi connectivity index (χ1) is 10.5. The Morgan fingerprint density at radius 2 is 2.00 bits per heavy atom. The smallest absolute Gasteiger partial charge is 0.132 e. The van der Waals surface area contributed by atoms with Gasteiger partial charge in [-0.2, -0.15) is 0 Å². The minimum atomic E-state index is -0.213. The van der Waals surface area contributed by atoms with Crippen LogP contribution in [0.5, 0.6) is 0 Å². The lowest BCUT2D eigenvalue weighted by Gasteiger charge is -2.30. The van der Waals surface area contributed by atoms with E-state index in [1.54, 1.807) is 6.20 Å². The zero-order valence-electron chi connectivity index (χ0n) is 12.5. The van der Waals surface area contributed by atoms with Gasteiger partial charge >= 0.3 is 0 Å². The molecule has 0 amide bonds. The van der Waals surface area contributed by atoms with Gasteiger partial charge in [0.2, 0.25) is 0 Å². The average molecular weight is 319 g/mol. The van der Waals surface area contributed by atoms with Crippen LogP contribution >= 0.6 is 11.6 Å². The highest BCUT2D eigenvalue weighted by Gasteiger charge is 2.19. The minimum absolute atomic E-state index is 0.213. The topological polar surface area (TPSA) is 75.3 Å². The van der Waals surface area contributed by atoms with Crippen LogP contribution in [0.2, 0.25) is 5.15 Å². The van der Waals surface area contributed by atoms with Crippen molar-refractivity contribution in [2.45, 2.75) is 25.9 Å². The fraction of sp³-hybridized carbons (Fsp3) is 0.375. The predicted octanol–water partition coefficient (Wildman–Crippen LogP) is 2.65. The molecule has 3 heterocycles. The molecule has 0 spiro atoms. The van der Waals surface area contributed by atoms with Gasteiger partial charge in [-0.05, 0) is 43.5 Å². The maximum Gasteiger partial charge on any atom is 0.132 e. The number of aromatic nitrogens is 2. The number of pyridine rings is 2. The SMILES string of the molecule is Cc1ncc(N)cc1-c1cc(Cl)nc(N2CCC(O)CC2)c1. The quantitative estimate of drug-likeness (QED) is 0.833. The number of hydrogen-bond acceptors (Lipinski definition) is 5. The number of aliphatic hydroxyl groups excluding tert-OH is 1. The maximum atomic E-state index is 9.63. The van der Waals surface area contributed by atoms with Gasteiger partial charge in [0.1, 0.15) is 11.0 Å². The molecule has 0 unspecified atom stereocenters. The average Bonchev–Trinajstić information content (AvgIpc) is 2.50. The zero-order chi connectivity index (χ0) is 15.7. The van der Waals surface area contributed by atoms with E-state index in [0.717, 1.165) is 48.6 Å². The van der Waals surface area contributed by atoms with E-state index in [2.05, 4.69) is 14.9 Å². The summed E-state index contributed by atoms with van der Waals surface area (Å²) in [5, 5.41) is 10.1. The first-order valence-corrected chi connectivity index (χ1v) is 7.74. The van der Waals surface area contributed by atoms with Gasteiger partial charge < -0.3 is 15.7 Å². The van der Waals surface area contributed by atoms with Gasteiger partial charge in [0.15, 0.2) is 0 Å². The van der Waals surface area contributed by atoms with Crippen LogP contribution in [0.25, 0.3) is 11.1 Å². The van der Waals surface area contributed by atoms with Gasteiger partial charge in [-0.1, -0.05) is 11.6 Å². The number of halogens is 1. The number of aliphatic hydroxyl groups is 1. The van der Waals surface area contributed by atoms with Crippen LogP contribution < -0.4 is 10.6 Å². The monoisotopic (exact) mass is 318 g/mol. The molecule has 6 heteroatoms. The molecule has 0 bridgehead atoms. The first kappa shape index (κ1) is 15.1. The maximum absolute atomic E-state index is 9.63. The molecule has 1 aliphatic heterocycles. The van der Waals surface area contributed by atoms with Crippen molar-refractivity contribution in [3.63, 3.8) is 0 Å². The van der Waals surface area contributed by atoms with Crippen molar-refractivity contribution in [2.75, 3.05) is 23.7 Å². The number of nitrogens with zero attached hydrogens (tertiary/aromatic N) is 3. The van der Waals surface area contributed by atoms with Gasteiger partial charge in [-0.25, -0.2) is 4.98 Å². The molecule has 3 N–H and O–H groups in total. The third-order valence-electron chi connectivity index (χ3n) is 3.99. The van der Waals surface area contributed by atoms with Crippen LogP contribution in [0.3, 0.4) is 0 Å². The predicted molar refractivity (Wildman–Crippen MR) is 89.1 cm³/mol. The number of aryl methyl sites for hydroxylation is 1. The van der Waals surface area contributed by atoms with Gasteiger partial charge in [0.05, 0.1) is 18.0 Å². The van der Waals surface area contributed by atoms with E-state index >= 15 is 0 Å². The van der Waals surface area contributed by atoms with Crippen molar-refractivity contribution in [1.82, 2.24) is 9.97 Å². The third kappa shape index (κ3) is 3.15. The Morgan fingerprint density at radius 1 is 1.27 bits per heavy atom. The summed E-state index contributed by atoms with van der Waals surface area (Å²) in [6.07, 6.45) is 2.94. The van der Waals surface area contributed by atoms with Crippen molar-refractivity contribution >= 4 is 23.1 Å². The zero-order valence-corrected chi connectivity index (χ0v) is 13.2. The molecule has 0 aromatic carbocycles. The standard InChI is InChI=1S/C16H19ClN4O/c1-10-14(8-12(18)9-19-10)11-6-15(17)20-16(7-11)21-4-2-13(22)3-5-21/h6-9,13,22H,2-5,18H2,1H3. The molecular formula is C16H19ClN4O. The molecule has 22 heavy (non-hydrogen) atoms. The number of rotatable bonds is 2. The summed E-state index contributed by atoms with van der Waals surface area (Å²) in [4.78, 5) is 10.9. The molecule has 0 saturated carbocycles. The van der Waals surface area contributed by atoms with Crippen LogP contribution in [-0.4, -0.2) is 34.3 Å². The van der Waals surface area contributed by atoms with Crippen LogP contribution in [0.4, 0.5) is 11.5 Å². The van der Waals surface area contributed by atoms with E-state index in [9.17, 15) is 5.11 Å². The molecule has 2 aromatic rings. The van der Waals surface area contributed by atoms with E-state index in [4.69, 9.17) is 17.3 Å². The number of anilines is 2. The Balaban J connectivity index is 1.98. The molecule has 0 atom stereocenters. The van der Waals surface area contributed by atoms with Crippen molar-refractivity contribution in [3.05, 3.63) is 35.2 Å². The number of hydrogen-bond donors (Lipinski definition) is 2. The molecule has 1 saturated heterocycles. The largest absolute Gasteiger partial charge is 0.397 e. The van der Waals surface area contributed by atoms with Crippen molar-refractivity contribution in [2.24, 2.45) is 0 Å². The first-order valence-electron chi connectivity index (χ1n) is 7.36. The second-order valence-corrected chi connectivity index (χ2v) is 6.04. The summed E-state index contributed by atoms with van der Waals surface area (Å²) in [7, 11) is 0. The van der Waals surface area contributed by atoms with Crippen molar-refractivity contribution < 1.29 is 5.11 Å². The summed E-state index contributed by atoms with van der Waals surface area (Å²) in [6.45, 7) is 3.50. The Labute approximate surface area is 134 Å². The summed E-state index contributed by atoms with van der Waals surface area (Å²) >= 11 is 6.20. The fourth-order valence-electron chi connectivity index (χ4n) is 2.74. The lowest BCUT2D eigenvalue weighted by molar-refractivity contribution is 0.145. The van der Waals surface area contributed by atoms with E-state index in [1.165, 1.54) is 0 Å². The van der Waals surface area contributed by atoms with E-state index in [-0.39, 0.29) is 6.10 Å². The van der Waals surface area contributed by atoms with Crippen LogP contribution in [-0.2, 0) is 0 Å². The molecule has 116 valence electrons. The Bertz CT molecular complexity index is 684. The highest BCUT2D eigenvalue weighted by molar-refractivity contribution is 6.29. The van der Waals surface area contributed by atoms with Crippen LogP contribution in [0, 0.1) is 6.92 Å². The molecular weight excluding hydrogens is 300 g/mol. The summed E-state index contributed by atoms with van der Waals surface area (Å²) in [5.41, 5.74) is 9.29. The molecule has 1 aliphatic rings. The van der Waals surface area contributed by atoms with Gasteiger partial charge in [-0.3, -0.25) is 4.98 Å².